The first-order chi connectivity index (χ1) is 5.61. The van der Waals surface area contributed by atoms with Crippen LogP contribution in [0, 0.1) is 11.8 Å². The number of rotatable bonds is 6. The van der Waals surface area contributed by atoms with Gasteiger partial charge in [-0.3, -0.25) is 0 Å². The molecule has 2 nitrogen and oxygen atoms in total. The van der Waals surface area contributed by atoms with Gasteiger partial charge in [-0.05, 0) is 24.7 Å². The summed E-state index contributed by atoms with van der Waals surface area (Å²) in [6, 6.07) is 0. The van der Waals surface area contributed by atoms with Crippen molar-refractivity contribution in [3.05, 3.63) is 0 Å². The minimum atomic E-state index is -0.122. The van der Waals surface area contributed by atoms with Crippen molar-refractivity contribution in [2.75, 3.05) is 0 Å². The van der Waals surface area contributed by atoms with Gasteiger partial charge in [0.2, 0.25) is 0 Å². The van der Waals surface area contributed by atoms with Crippen molar-refractivity contribution in [3.63, 3.8) is 0 Å². The van der Waals surface area contributed by atoms with Gasteiger partial charge >= 0.3 is 0 Å². The fraction of sp³-hybridized carbons (Fsp3) is 1.00. The van der Waals surface area contributed by atoms with Gasteiger partial charge in [0, 0.05) is 0 Å². The molecule has 0 bridgehead atoms. The van der Waals surface area contributed by atoms with E-state index in [9.17, 15) is 0 Å². The van der Waals surface area contributed by atoms with Gasteiger partial charge in [-0.1, -0.05) is 33.6 Å². The number of hydrogen-bond donors (Lipinski definition) is 2. The summed E-state index contributed by atoms with van der Waals surface area (Å²) in [6.45, 7) is 6.81. The lowest BCUT2D eigenvalue weighted by Crippen LogP contribution is -2.31. The summed E-state index contributed by atoms with van der Waals surface area (Å²) < 4.78 is 0. The van der Waals surface area contributed by atoms with E-state index in [1.165, 1.54) is 19.3 Å². The molecular formula is C10H24N2. The smallest absolute Gasteiger partial charge is 0.0520 e. The third kappa shape index (κ3) is 4.73. The van der Waals surface area contributed by atoms with Crippen molar-refractivity contribution in [1.82, 2.24) is 0 Å². The van der Waals surface area contributed by atoms with Crippen LogP contribution in [0.4, 0.5) is 0 Å². The van der Waals surface area contributed by atoms with Gasteiger partial charge in [0.15, 0.2) is 0 Å². The summed E-state index contributed by atoms with van der Waals surface area (Å²) >= 11 is 0. The van der Waals surface area contributed by atoms with Crippen molar-refractivity contribution in [1.29, 1.82) is 0 Å². The highest BCUT2D eigenvalue weighted by Crippen LogP contribution is 2.23. The highest BCUT2D eigenvalue weighted by atomic mass is 14.8. The van der Waals surface area contributed by atoms with Crippen LogP contribution < -0.4 is 11.5 Å². The largest absolute Gasteiger partial charge is 0.316 e. The van der Waals surface area contributed by atoms with Crippen LogP contribution >= 0.6 is 0 Å². The Morgan fingerprint density at radius 1 is 1.00 bits per heavy atom. The Hall–Kier alpha value is -0.0800. The maximum atomic E-state index is 5.51. The average Bonchev–Trinajstić information content (AvgIpc) is 2.04. The molecule has 74 valence electrons. The van der Waals surface area contributed by atoms with E-state index in [2.05, 4.69) is 20.8 Å². The molecule has 0 aliphatic carbocycles. The molecule has 2 atom stereocenters. The summed E-state index contributed by atoms with van der Waals surface area (Å²) in [5.41, 5.74) is 11.0. The molecule has 0 aromatic carbocycles. The van der Waals surface area contributed by atoms with E-state index in [1.807, 2.05) is 0 Å². The lowest BCUT2D eigenvalue weighted by Gasteiger charge is -2.21. The molecule has 0 heterocycles. The molecule has 0 radical (unpaired) electrons. The van der Waals surface area contributed by atoms with Crippen molar-refractivity contribution in [2.24, 2.45) is 23.3 Å². The second-order valence-corrected chi connectivity index (χ2v) is 3.80. The molecule has 0 saturated heterocycles. The maximum Gasteiger partial charge on any atom is 0.0520 e. The summed E-state index contributed by atoms with van der Waals surface area (Å²) in [5.74, 6) is 1.62. The van der Waals surface area contributed by atoms with Gasteiger partial charge in [0.25, 0.3) is 0 Å². The van der Waals surface area contributed by atoms with Crippen LogP contribution in [0.25, 0.3) is 0 Å². The van der Waals surface area contributed by atoms with E-state index in [4.69, 9.17) is 11.5 Å². The monoisotopic (exact) mass is 172 g/mol. The third-order valence-corrected chi connectivity index (χ3v) is 2.84. The predicted molar refractivity (Wildman–Crippen MR) is 54.6 cm³/mol. The maximum absolute atomic E-state index is 5.51. The molecule has 0 aromatic heterocycles. The molecule has 0 amide bonds. The van der Waals surface area contributed by atoms with Crippen LogP contribution in [0.2, 0.25) is 0 Å². The van der Waals surface area contributed by atoms with E-state index >= 15 is 0 Å². The lowest BCUT2D eigenvalue weighted by atomic mass is 9.86. The second kappa shape index (κ2) is 6.44. The second-order valence-electron chi connectivity index (χ2n) is 3.80. The van der Waals surface area contributed by atoms with Crippen molar-refractivity contribution in [3.8, 4) is 0 Å². The zero-order valence-electron chi connectivity index (χ0n) is 8.72. The fourth-order valence-corrected chi connectivity index (χ4v) is 1.63. The molecule has 0 aliphatic heterocycles. The Morgan fingerprint density at radius 3 is 1.92 bits per heavy atom. The standard InChI is InChI=1S/C10H24N2/c1-4-8(3)9(5-2)6-7-10(11)12/h8-10H,4-7,11-12H2,1-3H3. The third-order valence-electron chi connectivity index (χ3n) is 2.84. The van der Waals surface area contributed by atoms with E-state index in [0.717, 1.165) is 18.3 Å². The first-order valence-corrected chi connectivity index (χ1v) is 5.12. The predicted octanol–water partition coefficient (Wildman–Crippen LogP) is 2.08. The summed E-state index contributed by atoms with van der Waals surface area (Å²) in [5, 5.41) is 0. The van der Waals surface area contributed by atoms with Gasteiger partial charge in [-0.25, -0.2) is 0 Å². The van der Waals surface area contributed by atoms with Crippen molar-refractivity contribution in [2.45, 2.75) is 52.6 Å². The molecule has 4 N–H and O–H groups in total. The fourth-order valence-electron chi connectivity index (χ4n) is 1.63. The molecule has 0 spiro atoms. The van der Waals surface area contributed by atoms with Crippen LogP contribution in [-0.2, 0) is 0 Å². The first-order valence-electron chi connectivity index (χ1n) is 5.12. The van der Waals surface area contributed by atoms with Crippen LogP contribution in [0.15, 0.2) is 0 Å². The van der Waals surface area contributed by atoms with E-state index in [1.54, 1.807) is 0 Å². The Kier molecular flexibility index (Phi) is 6.39. The molecular weight excluding hydrogens is 148 g/mol. The van der Waals surface area contributed by atoms with E-state index < -0.39 is 0 Å². The van der Waals surface area contributed by atoms with Gasteiger partial charge in [0.1, 0.15) is 0 Å². The van der Waals surface area contributed by atoms with Crippen LogP contribution in [-0.4, -0.2) is 6.17 Å². The number of nitrogens with two attached hydrogens (primary N) is 2. The molecule has 2 heteroatoms. The van der Waals surface area contributed by atoms with Crippen LogP contribution in [0.1, 0.15) is 46.5 Å². The highest BCUT2D eigenvalue weighted by Gasteiger charge is 2.13. The minimum Gasteiger partial charge on any atom is -0.316 e. The first kappa shape index (κ1) is 11.9. The molecule has 0 rings (SSSR count). The highest BCUT2D eigenvalue weighted by molar-refractivity contribution is 4.66. The van der Waals surface area contributed by atoms with Crippen LogP contribution in [0.3, 0.4) is 0 Å². The Morgan fingerprint density at radius 2 is 1.58 bits per heavy atom. The topological polar surface area (TPSA) is 52.0 Å². The quantitative estimate of drug-likeness (QED) is 0.603. The Labute approximate surface area is 76.7 Å². The number of hydrogen-bond acceptors (Lipinski definition) is 2. The van der Waals surface area contributed by atoms with Crippen LogP contribution in [0.5, 0.6) is 0 Å². The molecule has 2 unspecified atom stereocenters. The van der Waals surface area contributed by atoms with E-state index in [0.29, 0.717) is 0 Å². The van der Waals surface area contributed by atoms with Gasteiger partial charge < -0.3 is 11.5 Å². The van der Waals surface area contributed by atoms with Gasteiger partial charge in [-0.15, -0.1) is 0 Å². The Balaban J connectivity index is 3.67. The average molecular weight is 172 g/mol. The SMILES string of the molecule is CCC(C)C(CC)CCC(N)N. The summed E-state index contributed by atoms with van der Waals surface area (Å²) in [6.07, 6.45) is 4.54. The van der Waals surface area contributed by atoms with Gasteiger partial charge in [0.05, 0.1) is 6.17 Å². The molecule has 0 aromatic rings. The Bertz CT molecular complexity index is 102. The molecule has 0 aliphatic rings. The molecule has 0 fully saturated rings. The normalized spacial score (nSPS) is 16.5. The summed E-state index contributed by atoms with van der Waals surface area (Å²) in [7, 11) is 0. The van der Waals surface area contributed by atoms with Gasteiger partial charge in [-0.2, -0.15) is 0 Å². The zero-order chi connectivity index (χ0) is 9.56. The van der Waals surface area contributed by atoms with Crippen molar-refractivity contribution < 1.29 is 0 Å². The lowest BCUT2D eigenvalue weighted by molar-refractivity contribution is 0.303. The van der Waals surface area contributed by atoms with E-state index in [-0.39, 0.29) is 6.17 Å². The minimum absolute atomic E-state index is 0.122. The molecule has 12 heavy (non-hydrogen) atoms. The zero-order valence-corrected chi connectivity index (χ0v) is 8.72. The summed E-state index contributed by atoms with van der Waals surface area (Å²) in [4.78, 5) is 0. The van der Waals surface area contributed by atoms with Crippen molar-refractivity contribution >= 4 is 0 Å². The molecule has 0 saturated carbocycles.